The highest BCUT2D eigenvalue weighted by molar-refractivity contribution is 5.47. The lowest BCUT2D eigenvalue weighted by Crippen LogP contribution is -2.39. The van der Waals surface area contributed by atoms with Crippen molar-refractivity contribution in [3.8, 4) is 0 Å². The molecule has 1 aliphatic heterocycles. The number of piperidine rings is 1. The molecule has 3 heteroatoms. The molecule has 0 bridgehead atoms. The van der Waals surface area contributed by atoms with Gasteiger partial charge in [0.15, 0.2) is 0 Å². The van der Waals surface area contributed by atoms with E-state index in [9.17, 15) is 0 Å². The zero-order chi connectivity index (χ0) is 15.1. The fraction of sp³-hybridized carbons (Fsp3) is 0.667. The molecule has 118 valence electrons. The van der Waals surface area contributed by atoms with Gasteiger partial charge >= 0.3 is 0 Å². The maximum absolute atomic E-state index is 5.69. The maximum atomic E-state index is 5.69. The van der Waals surface area contributed by atoms with Gasteiger partial charge in [-0.2, -0.15) is 0 Å². The molecule has 1 heterocycles. The van der Waals surface area contributed by atoms with Gasteiger partial charge in [-0.3, -0.25) is 0 Å². The van der Waals surface area contributed by atoms with Gasteiger partial charge in [0.2, 0.25) is 0 Å². The summed E-state index contributed by atoms with van der Waals surface area (Å²) in [5.41, 5.74) is 8.24. The third-order valence-corrected chi connectivity index (χ3v) is 4.68. The number of rotatable bonds is 7. The first kappa shape index (κ1) is 16.3. The highest BCUT2D eigenvalue weighted by Gasteiger charge is 2.19. The standard InChI is InChI=1S/C18H31N3/c1-3-12-21(18-9-7-16(15-19)8-10-18)14-11-17-6-4-5-13-20(17)2/h7-10,17H,3-6,11-15,19H2,1-2H3. The first-order valence-electron chi connectivity index (χ1n) is 8.48. The molecule has 0 radical (unpaired) electrons. The number of likely N-dealkylation sites (tertiary alicyclic amines) is 1. The minimum absolute atomic E-state index is 0.626. The second kappa shape index (κ2) is 8.40. The van der Waals surface area contributed by atoms with Crippen molar-refractivity contribution in [2.45, 2.75) is 51.6 Å². The number of anilines is 1. The van der Waals surface area contributed by atoms with Crippen LogP contribution in [-0.4, -0.2) is 37.6 Å². The van der Waals surface area contributed by atoms with E-state index in [0.717, 1.165) is 19.1 Å². The van der Waals surface area contributed by atoms with Gasteiger partial charge in [0, 0.05) is 31.4 Å². The highest BCUT2D eigenvalue weighted by Crippen LogP contribution is 2.21. The average Bonchev–Trinajstić information content (AvgIpc) is 2.53. The molecule has 0 spiro atoms. The predicted molar refractivity (Wildman–Crippen MR) is 91.7 cm³/mol. The van der Waals surface area contributed by atoms with Crippen molar-refractivity contribution in [1.82, 2.24) is 4.90 Å². The molecule has 1 unspecified atom stereocenters. The average molecular weight is 289 g/mol. The van der Waals surface area contributed by atoms with Gasteiger partial charge < -0.3 is 15.5 Å². The van der Waals surface area contributed by atoms with E-state index < -0.39 is 0 Å². The quantitative estimate of drug-likeness (QED) is 0.836. The van der Waals surface area contributed by atoms with Crippen LogP contribution in [0.5, 0.6) is 0 Å². The molecular formula is C18H31N3. The zero-order valence-corrected chi connectivity index (χ0v) is 13.7. The van der Waals surface area contributed by atoms with Crippen molar-refractivity contribution >= 4 is 5.69 Å². The van der Waals surface area contributed by atoms with E-state index in [1.165, 1.54) is 49.9 Å². The summed E-state index contributed by atoms with van der Waals surface area (Å²) in [7, 11) is 2.28. The van der Waals surface area contributed by atoms with Crippen LogP contribution in [0, 0.1) is 0 Å². The van der Waals surface area contributed by atoms with E-state index in [2.05, 4.69) is 48.0 Å². The van der Waals surface area contributed by atoms with E-state index in [1.54, 1.807) is 0 Å². The maximum Gasteiger partial charge on any atom is 0.0366 e. The van der Waals surface area contributed by atoms with Crippen LogP contribution >= 0.6 is 0 Å². The Morgan fingerprint density at radius 1 is 1.19 bits per heavy atom. The summed E-state index contributed by atoms with van der Waals surface area (Å²) in [4.78, 5) is 5.08. The predicted octanol–water partition coefficient (Wildman–Crippen LogP) is 3.24. The van der Waals surface area contributed by atoms with E-state index in [1.807, 2.05) is 0 Å². The Bertz CT molecular complexity index is 401. The summed E-state index contributed by atoms with van der Waals surface area (Å²) in [5.74, 6) is 0. The van der Waals surface area contributed by atoms with Crippen LogP contribution in [0.15, 0.2) is 24.3 Å². The van der Waals surface area contributed by atoms with Crippen molar-refractivity contribution in [3.63, 3.8) is 0 Å². The molecule has 0 amide bonds. The van der Waals surface area contributed by atoms with Gasteiger partial charge in [0.05, 0.1) is 0 Å². The second-order valence-corrected chi connectivity index (χ2v) is 6.28. The minimum Gasteiger partial charge on any atom is -0.371 e. The zero-order valence-electron chi connectivity index (χ0n) is 13.7. The van der Waals surface area contributed by atoms with E-state index >= 15 is 0 Å². The summed E-state index contributed by atoms with van der Waals surface area (Å²) >= 11 is 0. The van der Waals surface area contributed by atoms with Gasteiger partial charge in [-0.25, -0.2) is 0 Å². The summed E-state index contributed by atoms with van der Waals surface area (Å²) in [6.07, 6.45) is 6.59. The summed E-state index contributed by atoms with van der Waals surface area (Å²) < 4.78 is 0. The highest BCUT2D eigenvalue weighted by atomic mass is 15.2. The number of nitrogens with zero attached hydrogens (tertiary/aromatic N) is 2. The normalized spacial score (nSPS) is 19.7. The molecule has 2 N–H and O–H groups in total. The van der Waals surface area contributed by atoms with Gasteiger partial charge in [-0.1, -0.05) is 25.5 Å². The molecular weight excluding hydrogens is 258 g/mol. The Labute approximate surface area is 130 Å². The van der Waals surface area contributed by atoms with Crippen molar-refractivity contribution in [3.05, 3.63) is 29.8 Å². The molecule has 2 rings (SSSR count). The van der Waals surface area contributed by atoms with Crippen molar-refractivity contribution in [2.75, 3.05) is 31.6 Å². The van der Waals surface area contributed by atoms with Crippen molar-refractivity contribution in [2.24, 2.45) is 5.73 Å². The SMILES string of the molecule is CCCN(CCC1CCCCN1C)c1ccc(CN)cc1. The van der Waals surface area contributed by atoms with Crippen LogP contribution < -0.4 is 10.6 Å². The van der Waals surface area contributed by atoms with Crippen LogP contribution in [0.1, 0.15) is 44.6 Å². The topological polar surface area (TPSA) is 32.5 Å². The first-order valence-corrected chi connectivity index (χ1v) is 8.48. The molecule has 1 aromatic carbocycles. The lowest BCUT2D eigenvalue weighted by molar-refractivity contribution is 0.177. The fourth-order valence-corrected chi connectivity index (χ4v) is 3.30. The molecule has 0 saturated carbocycles. The van der Waals surface area contributed by atoms with Crippen LogP contribution in [0.2, 0.25) is 0 Å². The smallest absolute Gasteiger partial charge is 0.0366 e. The van der Waals surface area contributed by atoms with Crippen LogP contribution in [0.25, 0.3) is 0 Å². The molecule has 3 nitrogen and oxygen atoms in total. The minimum atomic E-state index is 0.626. The first-order chi connectivity index (χ1) is 10.2. The second-order valence-electron chi connectivity index (χ2n) is 6.28. The Hall–Kier alpha value is -1.06. The summed E-state index contributed by atoms with van der Waals surface area (Å²) in [5, 5.41) is 0. The van der Waals surface area contributed by atoms with Gasteiger partial charge in [0.25, 0.3) is 0 Å². The van der Waals surface area contributed by atoms with Crippen LogP contribution in [0.3, 0.4) is 0 Å². The van der Waals surface area contributed by atoms with Gasteiger partial charge in [0.1, 0.15) is 0 Å². The van der Waals surface area contributed by atoms with E-state index in [4.69, 9.17) is 5.73 Å². The van der Waals surface area contributed by atoms with Gasteiger partial charge in [-0.05, 0) is 57.0 Å². The van der Waals surface area contributed by atoms with Gasteiger partial charge in [-0.15, -0.1) is 0 Å². The lowest BCUT2D eigenvalue weighted by atomic mass is 10.00. The molecule has 0 aliphatic carbocycles. The molecule has 1 saturated heterocycles. The Kier molecular flexibility index (Phi) is 6.52. The lowest BCUT2D eigenvalue weighted by Gasteiger charge is -2.34. The van der Waals surface area contributed by atoms with Crippen molar-refractivity contribution < 1.29 is 0 Å². The van der Waals surface area contributed by atoms with E-state index in [0.29, 0.717) is 6.54 Å². The number of benzene rings is 1. The number of hydrogen-bond acceptors (Lipinski definition) is 3. The molecule has 1 atom stereocenters. The molecule has 1 aliphatic rings. The third-order valence-electron chi connectivity index (χ3n) is 4.68. The summed E-state index contributed by atoms with van der Waals surface area (Å²) in [6, 6.07) is 9.53. The molecule has 21 heavy (non-hydrogen) atoms. The van der Waals surface area contributed by atoms with Crippen LogP contribution in [-0.2, 0) is 6.54 Å². The third kappa shape index (κ3) is 4.72. The Balaban J connectivity index is 1.94. The van der Waals surface area contributed by atoms with Crippen LogP contribution in [0.4, 0.5) is 5.69 Å². The molecule has 1 aromatic rings. The molecule has 0 aromatic heterocycles. The largest absolute Gasteiger partial charge is 0.371 e. The van der Waals surface area contributed by atoms with Crippen molar-refractivity contribution in [1.29, 1.82) is 0 Å². The number of hydrogen-bond donors (Lipinski definition) is 1. The summed E-state index contributed by atoms with van der Waals surface area (Å²) in [6.45, 7) is 6.45. The van der Waals surface area contributed by atoms with E-state index in [-0.39, 0.29) is 0 Å². The Morgan fingerprint density at radius 3 is 2.57 bits per heavy atom. The molecule has 1 fully saturated rings. The fourth-order valence-electron chi connectivity index (χ4n) is 3.30. The monoisotopic (exact) mass is 289 g/mol. The number of nitrogens with two attached hydrogens (primary N) is 1. The Morgan fingerprint density at radius 2 is 1.95 bits per heavy atom.